The highest BCUT2D eigenvalue weighted by Gasteiger charge is 2.48. The maximum Gasteiger partial charge on any atom is 0.490 e. The summed E-state index contributed by atoms with van der Waals surface area (Å²) in [5.41, 5.74) is -0.134. The number of rotatable bonds is 4. The summed E-state index contributed by atoms with van der Waals surface area (Å²) in [6, 6.07) is 3.88. The molecule has 2 fully saturated rings. The average Bonchev–Trinajstić information content (AvgIpc) is 3.18. The number of halogens is 3. The number of hydrogen-bond acceptors (Lipinski definition) is 6. The van der Waals surface area contributed by atoms with Crippen LogP contribution in [0.3, 0.4) is 0 Å². The third-order valence-electron chi connectivity index (χ3n) is 5.44. The van der Waals surface area contributed by atoms with Crippen LogP contribution in [-0.4, -0.2) is 80.0 Å². The summed E-state index contributed by atoms with van der Waals surface area (Å²) in [6.07, 6.45) is -3.39. The van der Waals surface area contributed by atoms with E-state index >= 15 is 0 Å². The maximum atomic E-state index is 12.3. The van der Waals surface area contributed by atoms with Gasteiger partial charge in [-0.15, -0.1) is 0 Å². The first-order valence-electron chi connectivity index (χ1n) is 9.50. The van der Waals surface area contributed by atoms with E-state index < -0.39 is 22.2 Å². The third kappa shape index (κ3) is 6.19. The molecule has 12 heteroatoms. The standard InChI is InChI=1S/C16H26N2O4S.C2HF3O2/c1-3-23(19,20)18-6-8-21-13-16(12-18)11-17(9-14(16)2)10-15-5-4-7-22-15;3-2(4,5)1(6)7/h4-5,7,14H,3,6,8-13H2,1-2H3;(H,6,7)/t14-,16+;/m1./s1. The lowest BCUT2D eigenvalue weighted by molar-refractivity contribution is -0.192. The molecule has 0 amide bonds. The van der Waals surface area contributed by atoms with E-state index in [4.69, 9.17) is 19.1 Å². The topological polar surface area (TPSA) is 100 Å². The molecule has 2 aliphatic heterocycles. The molecule has 0 saturated carbocycles. The number of hydrogen-bond donors (Lipinski definition) is 1. The van der Waals surface area contributed by atoms with Crippen molar-refractivity contribution < 1.29 is 40.6 Å². The Kier molecular flexibility index (Phi) is 7.94. The van der Waals surface area contributed by atoms with Crippen LogP contribution in [0.5, 0.6) is 0 Å². The SMILES string of the molecule is CCS(=O)(=O)N1CCOC[C@]2(CN(Cc3ccco3)C[C@H]2C)C1.O=C(O)C(F)(F)F. The molecular weight excluding hydrogens is 429 g/mol. The lowest BCUT2D eigenvalue weighted by Crippen LogP contribution is -2.46. The van der Waals surface area contributed by atoms with Crippen LogP contribution in [0.4, 0.5) is 13.2 Å². The van der Waals surface area contributed by atoms with Crippen LogP contribution in [-0.2, 0) is 26.1 Å². The highest BCUT2D eigenvalue weighted by Crippen LogP contribution is 2.39. The highest BCUT2D eigenvalue weighted by molar-refractivity contribution is 7.89. The van der Waals surface area contributed by atoms with E-state index in [0.29, 0.717) is 32.2 Å². The molecular formula is C18H27F3N2O6S. The molecule has 0 unspecified atom stereocenters. The van der Waals surface area contributed by atoms with E-state index in [1.54, 1.807) is 17.5 Å². The van der Waals surface area contributed by atoms with Crippen LogP contribution in [0.1, 0.15) is 19.6 Å². The molecule has 172 valence electrons. The molecule has 3 heterocycles. The smallest absolute Gasteiger partial charge is 0.475 e. The van der Waals surface area contributed by atoms with E-state index in [1.165, 1.54) is 0 Å². The van der Waals surface area contributed by atoms with Gasteiger partial charge in [0.25, 0.3) is 0 Å². The number of ether oxygens (including phenoxy) is 1. The minimum absolute atomic E-state index is 0.134. The van der Waals surface area contributed by atoms with Gasteiger partial charge in [-0.25, -0.2) is 13.2 Å². The second-order valence-electron chi connectivity index (χ2n) is 7.60. The van der Waals surface area contributed by atoms with Crippen molar-refractivity contribution in [1.29, 1.82) is 0 Å². The number of likely N-dealkylation sites (tertiary alicyclic amines) is 1. The molecule has 8 nitrogen and oxygen atoms in total. The predicted octanol–water partition coefficient (Wildman–Crippen LogP) is 2.03. The number of carbonyl (C=O) groups is 1. The van der Waals surface area contributed by atoms with Gasteiger partial charge in [-0.1, -0.05) is 6.92 Å². The fraction of sp³-hybridized carbons (Fsp3) is 0.722. The Morgan fingerprint density at radius 1 is 1.37 bits per heavy atom. The second kappa shape index (κ2) is 9.67. The Bertz CT molecular complexity index is 799. The van der Waals surface area contributed by atoms with Gasteiger partial charge in [-0.3, -0.25) is 4.90 Å². The van der Waals surface area contributed by atoms with Gasteiger partial charge >= 0.3 is 12.1 Å². The first kappa shape index (κ1) is 24.6. The van der Waals surface area contributed by atoms with Gasteiger partial charge in [0, 0.05) is 31.6 Å². The summed E-state index contributed by atoms with van der Waals surface area (Å²) >= 11 is 0. The molecule has 1 aromatic rings. The number of sulfonamides is 1. The molecule has 0 aromatic carbocycles. The zero-order valence-electron chi connectivity index (χ0n) is 16.9. The van der Waals surface area contributed by atoms with Gasteiger partial charge < -0.3 is 14.3 Å². The molecule has 2 atom stereocenters. The summed E-state index contributed by atoms with van der Waals surface area (Å²) in [4.78, 5) is 11.2. The van der Waals surface area contributed by atoms with Crippen molar-refractivity contribution in [3.05, 3.63) is 24.2 Å². The molecule has 0 bridgehead atoms. The molecule has 2 saturated heterocycles. The van der Waals surface area contributed by atoms with Gasteiger partial charge in [0.05, 0.1) is 31.8 Å². The number of nitrogens with zero attached hydrogens (tertiary/aromatic N) is 2. The fourth-order valence-corrected chi connectivity index (χ4v) is 4.89. The number of carboxylic acid groups (broad SMARTS) is 1. The molecule has 0 aliphatic carbocycles. The molecule has 2 aliphatic rings. The summed E-state index contributed by atoms with van der Waals surface area (Å²) in [5, 5.41) is 7.12. The monoisotopic (exact) mass is 456 g/mol. The van der Waals surface area contributed by atoms with Crippen LogP contribution in [0.15, 0.2) is 22.8 Å². The van der Waals surface area contributed by atoms with Crippen molar-refractivity contribution in [2.45, 2.75) is 26.6 Å². The molecule has 1 N–H and O–H groups in total. The quantitative estimate of drug-likeness (QED) is 0.740. The normalized spacial score (nSPS) is 26.2. The first-order chi connectivity index (χ1) is 13.9. The lowest BCUT2D eigenvalue weighted by Gasteiger charge is -2.34. The maximum absolute atomic E-state index is 12.3. The van der Waals surface area contributed by atoms with Gasteiger partial charge in [0.2, 0.25) is 10.0 Å². The van der Waals surface area contributed by atoms with Gasteiger partial charge in [-0.05, 0) is 25.0 Å². The van der Waals surface area contributed by atoms with Crippen molar-refractivity contribution in [2.24, 2.45) is 11.3 Å². The summed E-state index contributed by atoms with van der Waals surface area (Å²) in [7, 11) is -3.18. The van der Waals surface area contributed by atoms with Gasteiger partial charge in [0.15, 0.2) is 0 Å². The summed E-state index contributed by atoms with van der Waals surface area (Å²) in [5.74, 6) is -1.28. The molecule has 1 spiro atoms. The van der Waals surface area contributed by atoms with Crippen LogP contribution < -0.4 is 0 Å². The zero-order chi connectivity index (χ0) is 22.6. The largest absolute Gasteiger partial charge is 0.490 e. The van der Waals surface area contributed by atoms with Crippen molar-refractivity contribution in [1.82, 2.24) is 9.21 Å². The minimum atomic E-state index is -5.08. The Labute approximate surface area is 173 Å². The molecule has 1 aromatic heterocycles. The Morgan fingerprint density at radius 3 is 2.57 bits per heavy atom. The summed E-state index contributed by atoms with van der Waals surface area (Å²) < 4.78 is 69.3. The molecule has 30 heavy (non-hydrogen) atoms. The lowest BCUT2D eigenvalue weighted by atomic mass is 9.80. The van der Waals surface area contributed by atoms with Gasteiger partial charge in [-0.2, -0.15) is 17.5 Å². The highest BCUT2D eigenvalue weighted by atomic mass is 32.2. The third-order valence-corrected chi connectivity index (χ3v) is 7.27. The predicted molar refractivity (Wildman–Crippen MR) is 101 cm³/mol. The fourth-order valence-electron chi connectivity index (χ4n) is 3.72. The van der Waals surface area contributed by atoms with Crippen LogP contribution >= 0.6 is 0 Å². The zero-order valence-corrected chi connectivity index (χ0v) is 17.7. The Balaban J connectivity index is 0.000000396. The summed E-state index contributed by atoms with van der Waals surface area (Å²) in [6.45, 7) is 8.56. The van der Waals surface area contributed by atoms with E-state index in [1.807, 2.05) is 12.1 Å². The number of furan rings is 1. The Hall–Kier alpha value is -1.63. The number of carboxylic acids is 1. The van der Waals surface area contributed by atoms with Crippen LogP contribution in [0.25, 0.3) is 0 Å². The first-order valence-corrected chi connectivity index (χ1v) is 11.1. The molecule has 0 radical (unpaired) electrons. The van der Waals surface area contributed by atoms with E-state index in [9.17, 15) is 21.6 Å². The Morgan fingerprint density at radius 2 is 2.03 bits per heavy atom. The number of aliphatic carboxylic acids is 1. The van der Waals surface area contributed by atoms with Crippen molar-refractivity contribution in [3.63, 3.8) is 0 Å². The average molecular weight is 456 g/mol. The molecule has 3 rings (SSSR count). The van der Waals surface area contributed by atoms with Crippen LogP contribution in [0.2, 0.25) is 0 Å². The van der Waals surface area contributed by atoms with Crippen LogP contribution in [0, 0.1) is 11.3 Å². The second-order valence-corrected chi connectivity index (χ2v) is 9.86. The van der Waals surface area contributed by atoms with E-state index in [0.717, 1.165) is 25.4 Å². The van der Waals surface area contributed by atoms with Crippen molar-refractivity contribution in [3.8, 4) is 0 Å². The number of alkyl halides is 3. The van der Waals surface area contributed by atoms with E-state index in [-0.39, 0.29) is 11.2 Å². The van der Waals surface area contributed by atoms with Gasteiger partial charge in [0.1, 0.15) is 5.76 Å². The van der Waals surface area contributed by atoms with Crippen molar-refractivity contribution in [2.75, 3.05) is 45.1 Å². The minimum Gasteiger partial charge on any atom is -0.475 e. The van der Waals surface area contributed by atoms with Crippen molar-refractivity contribution >= 4 is 16.0 Å². The van der Waals surface area contributed by atoms with E-state index in [2.05, 4.69) is 11.8 Å².